The fourth-order valence-corrected chi connectivity index (χ4v) is 7.48. The first kappa shape index (κ1) is 20.6. The average Bonchev–Trinajstić information content (AvgIpc) is 2.96. The summed E-state index contributed by atoms with van der Waals surface area (Å²) >= 11 is 0. The van der Waals surface area contributed by atoms with Gasteiger partial charge in [0.2, 0.25) is 0 Å². The zero-order valence-electron chi connectivity index (χ0n) is 19.0. The second-order valence-electron chi connectivity index (χ2n) is 11.8. The van der Waals surface area contributed by atoms with E-state index in [0.29, 0.717) is 29.6 Å². The summed E-state index contributed by atoms with van der Waals surface area (Å²) in [6.45, 7) is 14.7. The molecule has 0 unspecified atom stereocenters. The van der Waals surface area contributed by atoms with Crippen LogP contribution in [-0.2, 0) is 9.22 Å². The lowest BCUT2D eigenvalue weighted by Gasteiger charge is -2.54. The van der Waals surface area contributed by atoms with Gasteiger partial charge in [-0.2, -0.15) is 0 Å². The van der Waals surface area contributed by atoms with Gasteiger partial charge in [-0.3, -0.25) is 4.79 Å². The number of carbonyl (C=O) groups is 1. The minimum Gasteiger partial charge on any atom is -0.416 e. The van der Waals surface area contributed by atoms with Crippen molar-refractivity contribution in [2.75, 3.05) is 6.61 Å². The van der Waals surface area contributed by atoms with Crippen LogP contribution >= 0.6 is 0 Å². The van der Waals surface area contributed by atoms with Crippen molar-refractivity contribution in [3.8, 4) is 0 Å². The van der Waals surface area contributed by atoms with Crippen molar-refractivity contribution >= 4 is 14.1 Å². The maximum atomic E-state index is 13.2. The summed E-state index contributed by atoms with van der Waals surface area (Å²) in [6.07, 6.45) is 14.2. The lowest BCUT2D eigenvalue weighted by molar-refractivity contribution is -0.131. The van der Waals surface area contributed by atoms with Crippen LogP contribution in [0.1, 0.15) is 79.1 Å². The molecule has 0 bridgehead atoms. The molecule has 0 heterocycles. The van der Waals surface area contributed by atoms with Crippen LogP contribution in [0, 0.1) is 22.7 Å². The number of hydrogen-bond acceptors (Lipinski definition) is 2. The van der Waals surface area contributed by atoms with Gasteiger partial charge in [0.15, 0.2) is 8.32 Å². The predicted octanol–water partition coefficient (Wildman–Crippen LogP) is 6.83. The van der Waals surface area contributed by atoms with Crippen LogP contribution in [0.15, 0.2) is 23.3 Å². The molecule has 0 aromatic carbocycles. The van der Waals surface area contributed by atoms with Crippen molar-refractivity contribution < 1.29 is 9.22 Å². The van der Waals surface area contributed by atoms with E-state index in [2.05, 4.69) is 52.9 Å². The highest BCUT2D eigenvalue weighted by Gasteiger charge is 2.58. The van der Waals surface area contributed by atoms with E-state index in [0.717, 1.165) is 19.3 Å². The Balaban J connectivity index is 1.64. The highest BCUT2D eigenvalue weighted by molar-refractivity contribution is 6.74. The second kappa shape index (κ2) is 6.67. The summed E-state index contributed by atoms with van der Waals surface area (Å²) in [6, 6.07) is 0. The quantitative estimate of drug-likeness (QED) is 0.485. The summed E-state index contributed by atoms with van der Waals surface area (Å²) in [5, 5.41) is 0.190. The summed E-state index contributed by atoms with van der Waals surface area (Å²) in [7, 11) is -1.85. The molecule has 0 amide bonds. The highest BCUT2D eigenvalue weighted by Crippen LogP contribution is 2.62. The zero-order chi connectivity index (χ0) is 20.4. The number of rotatable bonds is 3. The number of fused-ring (bicyclic) bond motifs is 5. The minimum absolute atomic E-state index is 0.190. The Morgan fingerprint density at radius 1 is 1.07 bits per heavy atom. The summed E-state index contributed by atoms with van der Waals surface area (Å²) in [5.74, 6) is 1.56. The highest BCUT2D eigenvalue weighted by atomic mass is 28.4. The van der Waals surface area contributed by atoms with Crippen LogP contribution in [0.25, 0.3) is 0 Å². The Morgan fingerprint density at radius 3 is 2.54 bits per heavy atom. The Labute approximate surface area is 173 Å². The second-order valence-corrected chi connectivity index (χ2v) is 16.6. The lowest BCUT2D eigenvalue weighted by Crippen LogP contribution is -2.51. The summed E-state index contributed by atoms with van der Waals surface area (Å²) in [4.78, 5) is 13.2. The van der Waals surface area contributed by atoms with Crippen molar-refractivity contribution in [1.29, 1.82) is 0 Å². The SMILES string of the molecule is CC(C)(C)[Si](C)(C)OC[C@]12CC[C@H]3C(=CC=C4CCCC[C@@]43C)[C@@H]1CCC2=O. The van der Waals surface area contributed by atoms with Crippen molar-refractivity contribution in [2.45, 2.75) is 97.2 Å². The molecule has 0 saturated heterocycles. The van der Waals surface area contributed by atoms with Crippen LogP contribution in [0.4, 0.5) is 0 Å². The van der Waals surface area contributed by atoms with Crippen LogP contribution in [0.2, 0.25) is 18.1 Å². The smallest absolute Gasteiger partial charge is 0.192 e. The van der Waals surface area contributed by atoms with Gasteiger partial charge < -0.3 is 4.43 Å². The minimum atomic E-state index is -1.85. The molecule has 0 spiro atoms. The third-order valence-corrected chi connectivity index (χ3v) is 13.9. The standard InChI is InChI=1S/C25H40O2Si/c1-23(2,3)28(5,6)27-17-25-16-14-20-19(21(25)12-13-22(25)26)11-10-18-9-7-8-15-24(18,20)4/h10-11,20-21H,7-9,12-17H2,1-6H3/t20-,21-,24-,25+/m0/s1. The predicted molar refractivity (Wildman–Crippen MR) is 119 cm³/mol. The molecule has 2 nitrogen and oxygen atoms in total. The molecule has 3 saturated carbocycles. The van der Waals surface area contributed by atoms with Crippen LogP contribution < -0.4 is 0 Å². The molecule has 0 aromatic heterocycles. The normalized spacial score (nSPS) is 38.3. The molecule has 0 aromatic rings. The van der Waals surface area contributed by atoms with E-state index in [1.165, 1.54) is 32.1 Å². The maximum absolute atomic E-state index is 13.2. The van der Waals surface area contributed by atoms with E-state index in [-0.39, 0.29) is 10.5 Å². The molecule has 4 aliphatic rings. The van der Waals surface area contributed by atoms with E-state index in [1.54, 1.807) is 11.1 Å². The monoisotopic (exact) mass is 400 g/mol. The van der Waals surface area contributed by atoms with Gasteiger partial charge in [0.05, 0.1) is 5.41 Å². The first-order valence-electron chi connectivity index (χ1n) is 11.6. The first-order chi connectivity index (χ1) is 13.0. The van der Waals surface area contributed by atoms with Gasteiger partial charge in [-0.05, 0) is 73.9 Å². The number of allylic oxidation sites excluding steroid dienone is 4. The molecule has 4 rings (SSSR count). The number of hydrogen-bond donors (Lipinski definition) is 0. The fourth-order valence-electron chi connectivity index (χ4n) is 6.43. The number of ketones is 1. The van der Waals surface area contributed by atoms with E-state index in [4.69, 9.17) is 4.43 Å². The molecule has 3 heteroatoms. The summed E-state index contributed by atoms with van der Waals surface area (Å²) in [5.41, 5.74) is 3.39. The maximum Gasteiger partial charge on any atom is 0.192 e. The molecule has 4 aliphatic carbocycles. The number of carbonyl (C=O) groups excluding carboxylic acids is 1. The van der Waals surface area contributed by atoms with Crippen LogP contribution in [-0.4, -0.2) is 20.7 Å². The Hall–Kier alpha value is -0.673. The van der Waals surface area contributed by atoms with Gasteiger partial charge in [-0.15, -0.1) is 0 Å². The van der Waals surface area contributed by atoms with Gasteiger partial charge in [0.1, 0.15) is 5.78 Å². The zero-order valence-corrected chi connectivity index (χ0v) is 20.0. The summed E-state index contributed by atoms with van der Waals surface area (Å²) < 4.78 is 6.70. The van der Waals surface area contributed by atoms with E-state index >= 15 is 0 Å². The molecule has 0 radical (unpaired) electrons. The molecule has 3 fully saturated rings. The van der Waals surface area contributed by atoms with Crippen molar-refractivity contribution in [1.82, 2.24) is 0 Å². The molecule has 0 aliphatic heterocycles. The van der Waals surface area contributed by atoms with Crippen LogP contribution in [0.3, 0.4) is 0 Å². The van der Waals surface area contributed by atoms with Crippen molar-refractivity contribution in [3.05, 3.63) is 23.3 Å². The molecular weight excluding hydrogens is 360 g/mol. The van der Waals surface area contributed by atoms with Crippen LogP contribution in [0.5, 0.6) is 0 Å². The topological polar surface area (TPSA) is 26.3 Å². The van der Waals surface area contributed by atoms with Crippen molar-refractivity contribution in [3.63, 3.8) is 0 Å². The van der Waals surface area contributed by atoms with Gasteiger partial charge in [-0.1, -0.05) is 57.4 Å². The molecular formula is C25H40O2Si. The van der Waals surface area contributed by atoms with Gasteiger partial charge in [-0.25, -0.2) is 0 Å². The third kappa shape index (κ3) is 2.95. The third-order valence-electron chi connectivity index (χ3n) is 9.43. The lowest BCUT2D eigenvalue weighted by atomic mass is 9.51. The molecule has 4 atom stereocenters. The van der Waals surface area contributed by atoms with Crippen molar-refractivity contribution in [2.24, 2.45) is 22.7 Å². The first-order valence-corrected chi connectivity index (χ1v) is 14.5. The van der Waals surface area contributed by atoms with Gasteiger partial charge in [0.25, 0.3) is 0 Å². The fraction of sp³-hybridized carbons (Fsp3) is 0.800. The molecule has 0 N–H and O–H groups in total. The molecule has 156 valence electrons. The number of Topliss-reactive ketones (excluding diaryl/α,β-unsaturated/α-hetero) is 1. The van der Waals surface area contributed by atoms with E-state index < -0.39 is 8.32 Å². The van der Waals surface area contributed by atoms with Gasteiger partial charge >= 0.3 is 0 Å². The largest absolute Gasteiger partial charge is 0.416 e. The van der Waals surface area contributed by atoms with E-state index in [9.17, 15) is 4.79 Å². The molecule has 28 heavy (non-hydrogen) atoms. The Kier molecular flexibility index (Phi) is 4.90. The Bertz CT molecular complexity index is 725. The average molecular weight is 401 g/mol. The van der Waals surface area contributed by atoms with Gasteiger partial charge in [0, 0.05) is 13.0 Å². The Morgan fingerprint density at radius 2 is 1.82 bits per heavy atom. The van der Waals surface area contributed by atoms with E-state index in [1.807, 2.05) is 0 Å².